The third kappa shape index (κ3) is 3.25. The zero-order chi connectivity index (χ0) is 12.1. The van der Waals surface area contributed by atoms with Gasteiger partial charge in [-0.3, -0.25) is 14.6 Å². The van der Waals surface area contributed by atoms with Crippen molar-refractivity contribution >= 4 is 5.91 Å². The van der Waals surface area contributed by atoms with Crippen LogP contribution >= 0.6 is 0 Å². The number of hydrogen-bond acceptors (Lipinski definition) is 4. The molecule has 0 spiro atoms. The molecule has 5 nitrogen and oxygen atoms in total. The SMILES string of the molecule is C[C@H](ONC(=O)[C@H]1CCCO1)c1ccncc1. The molecular weight excluding hydrogens is 220 g/mol. The van der Waals surface area contributed by atoms with Crippen molar-refractivity contribution in [2.24, 2.45) is 0 Å². The molecule has 5 heteroatoms. The van der Waals surface area contributed by atoms with E-state index in [0.717, 1.165) is 18.4 Å². The molecule has 0 radical (unpaired) electrons. The molecule has 1 aliphatic heterocycles. The Kier molecular flexibility index (Phi) is 4.06. The molecule has 0 aliphatic carbocycles. The van der Waals surface area contributed by atoms with E-state index in [1.165, 1.54) is 0 Å². The molecule has 1 N–H and O–H groups in total. The number of amides is 1. The molecule has 1 aromatic rings. The van der Waals surface area contributed by atoms with Gasteiger partial charge in [-0.15, -0.1) is 0 Å². The van der Waals surface area contributed by atoms with E-state index in [2.05, 4.69) is 10.5 Å². The third-order valence-corrected chi connectivity index (χ3v) is 2.73. The number of hydroxylamine groups is 1. The largest absolute Gasteiger partial charge is 0.368 e. The number of pyridine rings is 1. The lowest BCUT2D eigenvalue weighted by molar-refractivity contribution is -0.147. The smallest absolute Gasteiger partial charge is 0.272 e. The highest BCUT2D eigenvalue weighted by atomic mass is 16.7. The monoisotopic (exact) mass is 236 g/mol. The second-order valence-electron chi connectivity index (χ2n) is 4.01. The van der Waals surface area contributed by atoms with E-state index in [9.17, 15) is 4.79 Å². The summed E-state index contributed by atoms with van der Waals surface area (Å²) in [5.41, 5.74) is 3.40. The quantitative estimate of drug-likeness (QED) is 0.802. The van der Waals surface area contributed by atoms with Crippen molar-refractivity contribution in [1.29, 1.82) is 0 Å². The van der Waals surface area contributed by atoms with Gasteiger partial charge in [-0.2, -0.15) is 0 Å². The number of nitrogens with one attached hydrogen (secondary N) is 1. The molecule has 2 rings (SSSR count). The van der Waals surface area contributed by atoms with E-state index in [0.29, 0.717) is 6.61 Å². The summed E-state index contributed by atoms with van der Waals surface area (Å²) in [5, 5.41) is 0. The minimum atomic E-state index is -0.361. The Morgan fingerprint density at radius 1 is 1.59 bits per heavy atom. The normalized spacial score (nSPS) is 21.1. The first-order chi connectivity index (χ1) is 8.27. The Bertz CT molecular complexity index is 363. The molecule has 0 saturated carbocycles. The lowest BCUT2D eigenvalue weighted by atomic mass is 10.2. The maximum absolute atomic E-state index is 11.6. The fraction of sp³-hybridized carbons (Fsp3) is 0.500. The van der Waals surface area contributed by atoms with E-state index >= 15 is 0 Å². The van der Waals surface area contributed by atoms with E-state index in [1.807, 2.05) is 19.1 Å². The van der Waals surface area contributed by atoms with Crippen LogP contribution in [0.25, 0.3) is 0 Å². The summed E-state index contributed by atoms with van der Waals surface area (Å²) in [7, 11) is 0. The second kappa shape index (κ2) is 5.75. The van der Waals surface area contributed by atoms with Gasteiger partial charge >= 0.3 is 0 Å². The fourth-order valence-corrected chi connectivity index (χ4v) is 1.70. The Labute approximate surface area is 100 Å². The molecule has 1 aliphatic rings. The molecule has 0 unspecified atom stereocenters. The van der Waals surface area contributed by atoms with Crippen molar-refractivity contribution in [1.82, 2.24) is 10.5 Å². The number of hydrogen-bond donors (Lipinski definition) is 1. The van der Waals surface area contributed by atoms with Crippen LogP contribution < -0.4 is 5.48 Å². The van der Waals surface area contributed by atoms with Crippen LogP contribution in [-0.4, -0.2) is 23.6 Å². The van der Waals surface area contributed by atoms with Gasteiger partial charge in [-0.25, -0.2) is 5.48 Å². The van der Waals surface area contributed by atoms with Gasteiger partial charge < -0.3 is 4.74 Å². The first-order valence-corrected chi connectivity index (χ1v) is 5.74. The number of ether oxygens (including phenoxy) is 1. The zero-order valence-corrected chi connectivity index (χ0v) is 9.76. The number of carbonyl (C=O) groups excluding carboxylic acids is 1. The van der Waals surface area contributed by atoms with Gasteiger partial charge in [0, 0.05) is 19.0 Å². The van der Waals surface area contributed by atoms with Gasteiger partial charge in [-0.05, 0) is 37.5 Å². The van der Waals surface area contributed by atoms with Crippen LogP contribution in [0.5, 0.6) is 0 Å². The lowest BCUT2D eigenvalue weighted by Gasteiger charge is -2.15. The summed E-state index contributed by atoms with van der Waals surface area (Å²) in [4.78, 5) is 20.8. The molecule has 92 valence electrons. The highest BCUT2D eigenvalue weighted by Gasteiger charge is 2.24. The van der Waals surface area contributed by atoms with Crippen molar-refractivity contribution in [3.8, 4) is 0 Å². The maximum Gasteiger partial charge on any atom is 0.272 e. The van der Waals surface area contributed by atoms with Crippen LogP contribution in [0.4, 0.5) is 0 Å². The second-order valence-corrected chi connectivity index (χ2v) is 4.01. The predicted molar refractivity (Wildman–Crippen MR) is 60.9 cm³/mol. The molecule has 1 fully saturated rings. The summed E-state index contributed by atoms with van der Waals surface area (Å²) in [6, 6.07) is 3.70. The van der Waals surface area contributed by atoms with Crippen molar-refractivity contribution < 1.29 is 14.4 Å². The summed E-state index contributed by atoms with van der Waals surface area (Å²) in [6.45, 7) is 2.52. The van der Waals surface area contributed by atoms with Crippen LogP contribution in [-0.2, 0) is 14.4 Å². The number of carbonyl (C=O) groups is 1. The van der Waals surface area contributed by atoms with Gasteiger partial charge in [0.15, 0.2) is 0 Å². The van der Waals surface area contributed by atoms with Gasteiger partial charge in [0.05, 0.1) is 0 Å². The fourth-order valence-electron chi connectivity index (χ4n) is 1.70. The van der Waals surface area contributed by atoms with Crippen molar-refractivity contribution in [3.05, 3.63) is 30.1 Å². The highest BCUT2D eigenvalue weighted by molar-refractivity contribution is 5.79. The Hall–Kier alpha value is -1.46. The predicted octanol–water partition coefficient (Wildman–Crippen LogP) is 1.37. The molecule has 2 atom stereocenters. The minimum absolute atomic E-state index is 0.205. The van der Waals surface area contributed by atoms with Crippen LogP contribution in [0.15, 0.2) is 24.5 Å². The van der Waals surface area contributed by atoms with Crippen molar-refractivity contribution in [3.63, 3.8) is 0 Å². The van der Waals surface area contributed by atoms with Crippen LogP contribution in [0.2, 0.25) is 0 Å². The summed E-state index contributed by atoms with van der Waals surface area (Å²) in [6.07, 6.45) is 4.51. The number of rotatable bonds is 4. The maximum atomic E-state index is 11.6. The Morgan fingerprint density at radius 3 is 3.00 bits per heavy atom. The van der Waals surface area contributed by atoms with Crippen LogP contribution in [0, 0.1) is 0 Å². The van der Waals surface area contributed by atoms with Gasteiger partial charge in [0.25, 0.3) is 5.91 Å². The van der Waals surface area contributed by atoms with E-state index < -0.39 is 0 Å². The van der Waals surface area contributed by atoms with E-state index in [-0.39, 0.29) is 18.1 Å². The summed E-state index contributed by atoms with van der Waals surface area (Å²) < 4.78 is 5.25. The van der Waals surface area contributed by atoms with Gasteiger partial charge in [0.2, 0.25) is 0 Å². The molecular formula is C12H16N2O3. The topological polar surface area (TPSA) is 60.5 Å². The average Bonchev–Trinajstić information content (AvgIpc) is 2.90. The third-order valence-electron chi connectivity index (χ3n) is 2.73. The summed E-state index contributed by atoms with van der Waals surface area (Å²) >= 11 is 0. The van der Waals surface area contributed by atoms with Crippen molar-refractivity contribution in [2.45, 2.75) is 32.0 Å². The standard InChI is InChI=1S/C12H16N2O3/c1-9(10-4-6-13-7-5-10)17-14-12(15)11-3-2-8-16-11/h4-7,9,11H,2-3,8H2,1H3,(H,14,15)/t9-,11+/m0/s1. The molecule has 0 bridgehead atoms. The molecule has 2 heterocycles. The zero-order valence-electron chi connectivity index (χ0n) is 9.76. The Morgan fingerprint density at radius 2 is 2.35 bits per heavy atom. The van der Waals surface area contributed by atoms with Crippen molar-refractivity contribution in [2.75, 3.05) is 6.61 Å². The molecule has 17 heavy (non-hydrogen) atoms. The summed E-state index contributed by atoms with van der Waals surface area (Å²) in [5.74, 6) is -0.205. The number of nitrogens with zero attached hydrogens (tertiary/aromatic N) is 1. The average molecular weight is 236 g/mol. The van der Waals surface area contributed by atoms with Gasteiger partial charge in [0.1, 0.15) is 12.2 Å². The molecule has 1 saturated heterocycles. The lowest BCUT2D eigenvalue weighted by Crippen LogP contribution is -2.34. The minimum Gasteiger partial charge on any atom is -0.368 e. The molecule has 0 aromatic carbocycles. The first kappa shape index (κ1) is 12.0. The Balaban J connectivity index is 1.80. The first-order valence-electron chi connectivity index (χ1n) is 5.74. The van der Waals surface area contributed by atoms with Gasteiger partial charge in [-0.1, -0.05) is 0 Å². The molecule has 1 amide bonds. The van der Waals surface area contributed by atoms with E-state index in [4.69, 9.17) is 9.57 Å². The van der Waals surface area contributed by atoms with E-state index in [1.54, 1.807) is 12.4 Å². The van der Waals surface area contributed by atoms with Crippen LogP contribution in [0.1, 0.15) is 31.4 Å². The molecule has 1 aromatic heterocycles. The highest BCUT2D eigenvalue weighted by Crippen LogP contribution is 2.15. The number of aromatic nitrogens is 1. The van der Waals surface area contributed by atoms with Crippen LogP contribution in [0.3, 0.4) is 0 Å².